The standard InChI is InChI=1S/C17H26FNO/c1-4-12-6-7-13(10-12)17(19-5-2)15-9-8-14(20-3)11-16(15)18/h8-9,11-13,17,19H,4-7,10H2,1-3H3. The van der Waals surface area contributed by atoms with Crippen molar-refractivity contribution in [1.29, 1.82) is 0 Å². The molecule has 0 heterocycles. The molecular weight excluding hydrogens is 253 g/mol. The van der Waals surface area contributed by atoms with Gasteiger partial charge in [-0.1, -0.05) is 32.8 Å². The minimum Gasteiger partial charge on any atom is -0.497 e. The molecule has 3 atom stereocenters. The van der Waals surface area contributed by atoms with Crippen LogP contribution in [0.3, 0.4) is 0 Å². The van der Waals surface area contributed by atoms with E-state index in [4.69, 9.17) is 4.74 Å². The Morgan fingerprint density at radius 3 is 2.70 bits per heavy atom. The monoisotopic (exact) mass is 279 g/mol. The summed E-state index contributed by atoms with van der Waals surface area (Å²) in [5.41, 5.74) is 0.786. The van der Waals surface area contributed by atoms with Gasteiger partial charge in [-0.05, 0) is 37.3 Å². The first-order valence-corrected chi connectivity index (χ1v) is 7.76. The van der Waals surface area contributed by atoms with Gasteiger partial charge < -0.3 is 10.1 Å². The zero-order chi connectivity index (χ0) is 14.5. The molecule has 3 unspecified atom stereocenters. The lowest BCUT2D eigenvalue weighted by atomic mass is 9.90. The Balaban J connectivity index is 2.20. The smallest absolute Gasteiger partial charge is 0.131 e. The van der Waals surface area contributed by atoms with Crippen molar-refractivity contribution in [3.8, 4) is 5.75 Å². The Morgan fingerprint density at radius 2 is 2.15 bits per heavy atom. The molecule has 0 radical (unpaired) electrons. The van der Waals surface area contributed by atoms with E-state index in [1.165, 1.54) is 31.7 Å². The highest BCUT2D eigenvalue weighted by molar-refractivity contribution is 5.31. The van der Waals surface area contributed by atoms with E-state index in [0.717, 1.165) is 18.0 Å². The summed E-state index contributed by atoms with van der Waals surface area (Å²) in [6.07, 6.45) is 4.92. The normalized spacial score (nSPS) is 23.8. The summed E-state index contributed by atoms with van der Waals surface area (Å²) in [6, 6.07) is 5.35. The van der Waals surface area contributed by atoms with Gasteiger partial charge in [0.25, 0.3) is 0 Å². The molecule has 3 heteroatoms. The molecule has 0 bridgehead atoms. The van der Waals surface area contributed by atoms with Gasteiger partial charge in [0.1, 0.15) is 11.6 Å². The van der Waals surface area contributed by atoms with Crippen molar-refractivity contribution in [2.75, 3.05) is 13.7 Å². The number of methoxy groups -OCH3 is 1. The van der Waals surface area contributed by atoms with Gasteiger partial charge in [0.05, 0.1) is 7.11 Å². The summed E-state index contributed by atoms with van der Waals surface area (Å²) in [5, 5.41) is 3.48. The second-order valence-corrected chi connectivity index (χ2v) is 5.77. The van der Waals surface area contributed by atoms with Crippen molar-refractivity contribution >= 4 is 0 Å². The zero-order valence-electron chi connectivity index (χ0n) is 12.8. The molecule has 2 nitrogen and oxygen atoms in total. The van der Waals surface area contributed by atoms with Crippen molar-refractivity contribution < 1.29 is 9.13 Å². The van der Waals surface area contributed by atoms with E-state index in [-0.39, 0.29) is 11.9 Å². The average molecular weight is 279 g/mol. The van der Waals surface area contributed by atoms with Crippen LogP contribution in [-0.4, -0.2) is 13.7 Å². The third-order valence-electron chi connectivity index (χ3n) is 4.60. The Bertz CT molecular complexity index is 435. The van der Waals surface area contributed by atoms with Gasteiger partial charge >= 0.3 is 0 Å². The van der Waals surface area contributed by atoms with Crippen LogP contribution in [0.25, 0.3) is 0 Å². The first kappa shape index (κ1) is 15.3. The largest absolute Gasteiger partial charge is 0.497 e. The topological polar surface area (TPSA) is 21.3 Å². The van der Waals surface area contributed by atoms with Gasteiger partial charge in [-0.15, -0.1) is 0 Å². The molecule has 1 N–H and O–H groups in total. The van der Waals surface area contributed by atoms with Crippen LogP contribution in [0.1, 0.15) is 51.1 Å². The van der Waals surface area contributed by atoms with Crippen molar-refractivity contribution in [3.63, 3.8) is 0 Å². The van der Waals surface area contributed by atoms with Gasteiger partial charge in [0.2, 0.25) is 0 Å². The first-order valence-electron chi connectivity index (χ1n) is 7.76. The van der Waals surface area contributed by atoms with E-state index >= 15 is 0 Å². The van der Waals surface area contributed by atoms with Crippen LogP contribution in [-0.2, 0) is 0 Å². The fourth-order valence-corrected chi connectivity index (χ4v) is 3.42. The third-order valence-corrected chi connectivity index (χ3v) is 4.60. The summed E-state index contributed by atoms with van der Waals surface area (Å²) in [7, 11) is 1.57. The number of rotatable bonds is 6. The summed E-state index contributed by atoms with van der Waals surface area (Å²) >= 11 is 0. The molecule has 1 aliphatic rings. The Kier molecular flexibility index (Phi) is 5.41. The maximum Gasteiger partial charge on any atom is 0.131 e. The number of nitrogens with one attached hydrogen (secondary N) is 1. The fraction of sp³-hybridized carbons (Fsp3) is 0.647. The Labute approximate surface area is 121 Å². The van der Waals surface area contributed by atoms with Crippen LogP contribution in [0.4, 0.5) is 4.39 Å². The summed E-state index contributed by atoms with van der Waals surface area (Å²) in [5.74, 6) is 1.78. The highest BCUT2D eigenvalue weighted by atomic mass is 19.1. The van der Waals surface area contributed by atoms with E-state index in [1.54, 1.807) is 7.11 Å². The van der Waals surface area contributed by atoms with Crippen LogP contribution in [0.15, 0.2) is 18.2 Å². The van der Waals surface area contributed by atoms with Crippen molar-refractivity contribution in [1.82, 2.24) is 5.32 Å². The molecule has 2 rings (SSSR count). The van der Waals surface area contributed by atoms with E-state index in [1.807, 2.05) is 12.1 Å². The Morgan fingerprint density at radius 1 is 1.35 bits per heavy atom. The van der Waals surface area contributed by atoms with Gasteiger partial charge in [0.15, 0.2) is 0 Å². The summed E-state index contributed by atoms with van der Waals surface area (Å²) in [4.78, 5) is 0. The highest BCUT2D eigenvalue weighted by Crippen LogP contribution is 2.41. The van der Waals surface area contributed by atoms with Gasteiger partial charge in [-0.2, -0.15) is 0 Å². The molecule has 0 saturated heterocycles. The molecule has 112 valence electrons. The highest BCUT2D eigenvalue weighted by Gasteiger charge is 2.31. The molecule has 20 heavy (non-hydrogen) atoms. The van der Waals surface area contributed by atoms with Crippen molar-refractivity contribution in [3.05, 3.63) is 29.6 Å². The molecule has 0 spiro atoms. The summed E-state index contributed by atoms with van der Waals surface area (Å²) in [6.45, 7) is 5.20. The van der Waals surface area contributed by atoms with Gasteiger partial charge in [0, 0.05) is 17.7 Å². The second kappa shape index (κ2) is 7.07. The van der Waals surface area contributed by atoms with E-state index in [9.17, 15) is 4.39 Å². The predicted octanol–water partition coefficient (Wildman–Crippen LogP) is 4.31. The Hall–Kier alpha value is -1.09. The van der Waals surface area contributed by atoms with Gasteiger partial charge in [-0.25, -0.2) is 4.39 Å². The summed E-state index contributed by atoms with van der Waals surface area (Å²) < 4.78 is 19.4. The number of hydrogen-bond acceptors (Lipinski definition) is 2. The average Bonchev–Trinajstić information content (AvgIpc) is 2.94. The molecule has 1 saturated carbocycles. The predicted molar refractivity (Wildman–Crippen MR) is 80.5 cm³/mol. The van der Waals surface area contributed by atoms with Crippen molar-refractivity contribution in [2.45, 2.75) is 45.6 Å². The van der Waals surface area contributed by atoms with Crippen LogP contribution in [0.5, 0.6) is 5.75 Å². The van der Waals surface area contributed by atoms with Crippen LogP contribution in [0, 0.1) is 17.7 Å². The number of hydrogen-bond donors (Lipinski definition) is 1. The minimum absolute atomic E-state index is 0.127. The van der Waals surface area contributed by atoms with Crippen LogP contribution >= 0.6 is 0 Å². The number of benzene rings is 1. The molecule has 1 aliphatic carbocycles. The molecule has 1 aromatic rings. The SMILES string of the molecule is CCNC(c1ccc(OC)cc1F)C1CCC(CC)C1. The quantitative estimate of drug-likeness (QED) is 0.837. The minimum atomic E-state index is -0.157. The molecule has 0 amide bonds. The second-order valence-electron chi connectivity index (χ2n) is 5.77. The number of halogens is 1. The lowest BCUT2D eigenvalue weighted by molar-refractivity contribution is 0.348. The molecule has 0 aliphatic heterocycles. The maximum absolute atomic E-state index is 14.3. The fourth-order valence-electron chi connectivity index (χ4n) is 3.42. The third kappa shape index (κ3) is 3.32. The van der Waals surface area contributed by atoms with E-state index < -0.39 is 0 Å². The van der Waals surface area contributed by atoms with Crippen LogP contribution in [0.2, 0.25) is 0 Å². The maximum atomic E-state index is 14.3. The lowest BCUT2D eigenvalue weighted by Gasteiger charge is -2.26. The zero-order valence-corrected chi connectivity index (χ0v) is 12.8. The van der Waals surface area contributed by atoms with Gasteiger partial charge in [-0.3, -0.25) is 0 Å². The first-order chi connectivity index (χ1) is 9.69. The molecule has 1 aromatic carbocycles. The van der Waals surface area contributed by atoms with E-state index in [0.29, 0.717) is 11.7 Å². The van der Waals surface area contributed by atoms with Crippen molar-refractivity contribution in [2.24, 2.45) is 11.8 Å². The lowest BCUT2D eigenvalue weighted by Crippen LogP contribution is -2.28. The van der Waals surface area contributed by atoms with E-state index in [2.05, 4.69) is 19.2 Å². The molecule has 1 fully saturated rings. The van der Waals surface area contributed by atoms with Crippen LogP contribution < -0.4 is 10.1 Å². The molecular formula is C17H26FNO. The number of ether oxygens (including phenoxy) is 1. The molecule has 0 aromatic heterocycles.